The van der Waals surface area contributed by atoms with Gasteiger partial charge in [0.25, 0.3) is 5.91 Å². The van der Waals surface area contributed by atoms with Crippen molar-refractivity contribution in [2.45, 2.75) is 13.5 Å². The average molecular weight is 425 g/mol. The molecule has 2 aromatic carbocycles. The Balaban J connectivity index is 1.76. The first kappa shape index (κ1) is 21.5. The van der Waals surface area contributed by atoms with E-state index in [0.717, 1.165) is 0 Å². The first-order valence-electron chi connectivity index (χ1n) is 8.99. The average Bonchev–Trinajstić information content (AvgIpc) is 2.75. The van der Waals surface area contributed by atoms with E-state index in [1.54, 1.807) is 37.3 Å². The van der Waals surface area contributed by atoms with Gasteiger partial charge in [-0.25, -0.2) is 4.98 Å². The van der Waals surface area contributed by atoms with Crippen LogP contribution in [0.2, 0.25) is 0 Å². The van der Waals surface area contributed by atoms with Crippen LogP contribution in [0.5, 0.6) is 23.1 Å². The zero-order valence-corrected chi connectivity index (χ0v) is 16.6. The number of nitrogens with one attached hydrogen (secondary N) is 1. The number of methoxy groups -OCH3 is 1. The Bertz CT molecular complexity index is 1150. The number of amides is 1. The minimum atomic E-state index is -3.01. The summed E-state index contributed by atoms with van der Waals surface area (Å²) in [4.78, 5) is 16.6. The third-order valence-electron chi connectivity index (χ3n) is 4.19. The number of aromatic nitrogens is 1. The van der Waals surface area contributed by atoms with Crippen LogP contribution in [0, 0.1) is 18.3 Å². The molecule has 3 aromatic rings. The molecule has 0 atom stereocenters. The van der Waals surface area contributed by atoms with Crippen LogP contribution in [0.25, 0.3) is 0 Å². The Morgan fingerprint density at radius 3 is 2.65 bits per heavy atom. The fraction of sp³-hybridized carbons (Fsp3) is 0.136. The second-order valence-electron chi connectivity index (χ2n) is 6.24. The lowest BCUT2D eigenvalue weighted by Gasteiger charge is -2.13. The zero-order valence-electron chi connectivity index (χ0n) is 16.6. The van der Waals surface area contributed by atoms with Crippen LogP contribution in [0.4, 0.5) is 14.5 Å². The van der Waals surface area contributed by atoms with Gasteiger partial charge < -0.3 is 19.5 Å². The summed E-state index contributed by atoms with van der Waals surface area (Å²) in [6.45, 7) is -1.24. The summed E-state index contributed by atoms with van der Waals surface area (Å²) in [5, 5.41) is 11.9. The predicted octanol–water partition coefficient (Wildman–Crippen LogP) is 4.92. The first-order chi connectivity index (χ1) is 14.9. The Morgan fingerprint density at radius 1 is 1.16 bits per heavy atom. The lowest BCUT2D eigenvalue weighted by molar-refractivity contribution is -0.0512. The molecule has 0 spiro atoms. The van der Waals surface area contributed by atoms with Crippen LogP contribution in [0.15, 0.2) is 54.7 Å². The van der Waals surface area contributed by atoms with Gasteiger partial charge in [-0.15, -0.1) is 0 Å². The molecule has 0 saturated heterocycles. The molecule has 1 amide bonds. The number of alkyl halides is 2. The van der Waals surface area contributed by atoms with Crippen LogP contribution in [0.3, 0.4) is 0 Å². The molecule has 0 unspecified atom stereocenters. The number of carbonyl (C=O) groups excluding carboxylic acids is 1. The molecule has 0 fully saturated rings. The summed E-state index contributed by atoms with van der Waals surface area (Å²) >= 11 is 0. The maximum absolute atomic E-state index is 12.6. The highest BCUT2D eigenvalue weighted by Gasteiger charge is 2.15. The molecule has 0 aliphatic rings. The second-order valence-corrected chi connectivity index (χ2v) is 6.24. The monoisotopic (exact) mass is 425 g/mol. The standard InChI is InChI=1S/C22H17F2N3O4/c1-13-10-16(30-21-15(12-25)4-3-9-26-21)6-7-17(13)27-20(28)14-5-8-18(31-22(23)24)19(11-14)29-2/h3-11,22H,1-2H3,(H,27,28). The molecular formula is C22H17F2N3O4. The molecule has 31 heavy (non-hydrogen) atoms. The fourth-order valence-electron chi connectivity index (χ4n) is 2.71. The molecule has 3 rings (SSSR count). The number of nitriles is 1. The molecule has 1 heterocycles. The Hall–Kier alpha value is -4.19. The van der Waals surface area contributed by atoms with Gasteiger partial charge in [-0.3, -0.25) is 4.79 Å². The molecule has 7 nitrogen and oxygen atoms in total. The number of aryl methyl sites for hydroxylation is 1. The molecule has 158 valence electrons. The zero-order chi connectivity index (χ0) is 22.4. The number of hydrogen-bond donors (Lipinski definition) is 1. The number of rotatable bonds is 7. The van der Waals surface area contributed by atoms with E-state index in [1.807, 2.05) is 6.07 Å². The van der Waals surface area contributed by atoms with Gasteiger partial charge in [0.05, 0.1) is 7.11 Å². The predicted molar refractivity (Wildman–Crippen MR) is 108 cm³/mol. The summed E-state index contributed by atoms with van der Waals surface area (Å²) in [6, 6.07) is 14.1. The summed E-state index contributed by atoms with van der Waals surface area (Å²) < 4.78 is 39.9. The Kier molecular flexibility index (Phi) is 6.62. The van der Waals surface area contributed by atoms with Crippen molar-refractivity contribution >= 4 is 11.6 Å². The van der Waals surface area contributed by atoms with E-state index in [1.165, 1.54) is 31.5 Å². The van der Waals surface area contributed by atoms with Gasteiger partial charge in [0.2, 0.25) is 5.88 Å². The lowest BCUT2D eigenvalue weighted by Crippen LogP contribution is -2.13. The number of benzene rings is 2. The number of ether oxygens (including phenoxy) is 3. The van der Waals surface area contributed by atoms with Crippen molar-refractivity contribution < 1.29 is 27.8 Å². The van der Waals surface area contributed by atoms with Gasteiger partial charge in [-0.1, -0.05) is 0 Å². The fourth-order valence-corrected chi connectivity index (χ4v) is 2.71. The van der Waals surface area contributed by atoms with Crippen LogP contribution in [0.1, 0.15) is 21.5 Å². The van der Waals surface area contributed by atoms with Crippen molar-refractivity contribution in [2.24, 2.45) is 0 Å². The van der Waals surface area contributed by atoms with Crippen molar-refractivity contribution in [3.05, 3.63) is 71.4 Å². The molecule has 0 bridgehead atoms. The van der Waals surface area contributed by atoms with Crippen LogP contribution in [-0.2, 0) is 0 Å². The highest BCUT2D eigenvalue weighted by molar-refractivity contribution is 6.05. The van der Waals surface area contributed by atoms with Gasteiger partial charge >= 0.3 is 6.61 Å². The molecule has 0 aliphatic carbocycles. The number of halogens is 2. The van der Waals surface area contributed by atoms with Gasteiger partial charge in [0.1, 0.15) is 17.4 Å². The summed E-state index contributed by atoms with van der Waals surface area (Å²) in [6.07, 6.45) is 1.52. The maximum atomic E-state index is 12.6. The van der Waals surface area contributed by atoms with Crippen molar-refractivity contribution in [1.82, 2.24) is 4.98 Å². The highest BCUT2D eigenvalue weighted by atomic mass is 19.3. The molecule has 1 aromatic heterocycles. The van der Waals surface area contributed by atoms with E-state index in [9.17, 15) is 13.6 Å². The highest BCUT2D eigenvalue weighted by Crippen LogP contribution is 2.31. The van der Waals surface area contributed by atoms with Crippen molar-refractivity contribution in [3.8, 4) is 29.2 Å². The molecule has 1 N–H and O–H groups in total. The number of pyridine rings is 1. The van der Waals surface area contributed by atoms with E-state index >= 15 is 0 Å². The van der Waals surface area contributed by atoms with Crippen LogP contribution < -0.4 is 19.5 Å². The van der Waals surface area contributed by atoms with Gasteiger partial charge in [-0.05, 0) is 61.0 Å². The molecule has 9 heteroatoms. The number of carbonyl (C=O) groups is 1. The molecule has 0 saturated carbocycles. The van der Waals surface area contributed by atoms with Crippen molar-refractivity contribution in [3.63, 3.8) is 0 Å². The Morgan fingerprint density at radius 2 is 1.97 bits per heavy atom. The molecule has 0 aliphatic heterocycles. The Labute approximate surface area is 176 Å². The smallest absolute Gasteiger partial charge is 0.387 e. The van der Waals surface area contributed by atoms with E-state index in [-0.39, 0.29) is 22.9 Å². The summed E-state index contributed by atoms with van der Waals surface area (Å²) in [5.74, 6) is 0.00508. The summed E-state index contributed by atoms with van der Waals surface area (Å²) in [5.41, 5.74) is 1.71. The van der Waals surface area contributed by atoms with E-state index in [2.05, 4.69) is 15.0 Å². The van der Waals surface area contributed by atoms with Gasteiger partial charge in [0.15, 0.2) is 11.5 Å². The minimum absolute atomic E-state index is 0.0112. The normalized spacial score (nSPS) is 10.3. The van der Waals surface area contributed by atoms with Gasteiger partial charge in [0, 0.05) is 17.4 Å². The van der Waals surface area contributed by atoms with Crippen molar-refractivity contribution in [2.75, 3.05) is 12.4 Å². The SMILES string of the molecule is COc1cc(C(=O)Nc2ccc(Oc3ncccc3C#N)cc2C)ccc1OC(F)F. The molecular weight excluding hydrogens is 408 g/mol. The topological polar surface area (TPSA) is 93.5 Å². The first-order valence-corrected chi connectivity index (χ1v) is 8.99. The number of anilines is 1. The van der Waals surface area contributed by atoms with Crippen LogP contribution >= 0.6 is 0 Å². The van der Waals surface area contributed by atoms with E-state index in [0.29, 0.717) is 22.6 Å². The van der Waals surface area contributed by atoms with Gasteiger partial charge in [-0.2, -0.15) is 14.0 Å². The summed E-state index contributed by atoms with van der Waals surface area (Å²) in [7, 11) is 1.29. The van der Waals surface area contributed by atoms with E-state index in [4.69, 9.17) is 14.7 Å². The number of nitrogens with zero attached hydrogens (tertiary/aromatic N) is 2. The third kappa shape index (κ3) is 5.25. The second kappa shape index (κ2) is 9.54. The minimum Gasteiger partial charge on any atom is -0.493 e. The third-order valence-corrected chi connectivity index (χ3v) is 4.19. The number of hydrogen-bond acceptors (Lipinski definition) is 6. The van der Waals surface area contributed by atoms with E-state index < -0.39 is 12.5 Å². The quantitative estimate of drug-likeness (QED) is 0.578. The maximum Gasteiger partial charge on any atom is 0.387 e. The van der Waals surface area contributed by atoms with Crippen LogP contribution in [-0.4, -0.2) is 24.6 Å². The lowest BCUT2D eigenvalue weighted by atomic mass is 10.1. The molecule has 0 radical (unpaired) electrons. The largest absolute Gasteiger partial charge is 0.493 e. The van der Waals surface area contributed by atoms with Crippen molar-refractivity contribution in [1.29, 1.82) is 5.26 Å².